The molecule has 1 heterocycles. The lowest BCUT2D eigenvalue weighted by Crippen LogP contribution is -2.00. The van der Waals surface area contributed by atoms with Gasteiger partial charge in [0.15, 0.2) is 0 Å². The fourth-order valence-electron chi connectivity index (χ4n) is 1.99. The van der Waals surface area contributed by atoms with Crippen LogP contribution in [-0.4, -0.2) is 10.2 Å². The zero-order valence-corrected chi connectivity index (χ0v) is 12.3. The van der Waals surface area contributed by atoms with Crippen molar-refractivity contribution in [2.75, 3.05) is 5.32 Å². The molecule has 0 amide bonds. The van der Waals surface area contributed by atoms with Gasteiger partial charge in [-0.25, -0.2) is 0 Å². The molecule has 3 nitrogen and oxygen atoms in total. The third-order valence-electron chi connectivity index (χ3n) is 2.95. The van der Waals surface area contributed by atoms with Gasteiger partial charge in [0.25, 0.3) is 0 Å². The molecule has 0 bridgehead atoms. The predicted molar refractivity (Wildman–Crippen MR) is 82.6 cm³/mol. The molecule has 5 heteroatoms. The maximum absolute atomic E-state index is 6.18. The third kappa shape index (κ3) is 2.60. The van der Waals surface area contributed by atoms with Crippen LogP contribution < -0.4 is 5.32 Å². The molecule has 19 heavy (non-hydrogen) atoms. The Labute approximate surface area is 124 Å². The summed E-state index contributed by atoms with van der Waals surface area (Å²) in [4.78, 5) is 0. The van der Waals surface area contributed by atoms with Crippen molar-refractivity contribution in [3.63, 3.8) is 0 Å². The van der Waals surface area contributed by atoms with Crippen LogP contribution in [0.15, 0.2) is 47.1 Å². The maximum atomic E-state index is 6.18. The van der Waals surface area contributed by atoms with E-state index in [2.05, 4.69) is 31.4 Å². The number of aromatic amines is 1. The summed E-state index contributed by atoms with van der Waals surface area (Å²) in [6, 6.07) is 11.9. The van der Waals surface area contributed by atoms with Crippen molar-refractivity contribution in [3.05, 3.63) is 57.7 Å². The number of benzene rings is 2. The molecule has 3 rings (SSSR count). The van der Waals surface area contributed by atoms with Crippen LogP contribution in [0.1, 0.15) is 5.56 Å². The van der Waals surface area contributed by atoms with Crippen LogP contribution in [0.3, 0.4) is 0 Å². The van der Waals surface area contributed by atoms with Gasteiger partial charge >= 0.3 is 0 Å². The predicted octanol–water partition coefficient (Wildman–Crippen LogP) is 4.59. The monoisotopic (exact) mass is 335 g/mol. The largest absolute Gasteiger partial charge is 0.379 e. The van der Waals surface area contributed by atoms with Gasteiger partial charge in [-0.3, -0.25) is 5.10 Å². The normalized spacial score (nSPS) is 10.8. The summed E-state index contributed by atoms with van der Waals surface area (Å²) in [5.41, 5.74) is 3.08. The number of para-hydroxylation sites is 1. The van der Waals surface area contributed by atoms with Gasteiger partial charge in [-0.1, -0.05) is 39.7 Å². The first-order valence-electron chi connectivity index (χ1n) is 5.84. The molecule has 1 aromatic heterocycles. The van der Waals surface area contributed by atoms with Crippen molar-refractivity contribution in [2.24, 2.45) is 0 Å². The van der Waals surface area contributed by atoms with Gasteiger partial charge < -0.3 is 5.32 Å². The van der Waals surface area contributed by atoms with Gasteiger partial charge in [0.05, 0.1) is 17.4 Å². The van der Waals surface area contributed by atoms with E-state index in [1.807, 2.05) is 42.6 Å². The Hall–Kier alpha value is -1.52. The van der Waals surface area contributed by atoms with Crippen molar-refractivity contribution in [1.29, 1.82) is 0 Å². The van der Waals surface area contributed by atoms with Crippen LogP contribution in [0.2, 0.25) is 5.02 Å². The Morgan fingerprint density at radius 3 is 3.05 bits per heavy atom. The van der Waals surface area contributed by atoms with Crippen LogP contribution in [0.4, 0.5) is 5.69 Å². The summed E-state index contributed by atoms with van der Waals surface area (Å²) in [6.45, 7) is 0.663. The van der Waals surface area contributed by atoms with Crippen molar-refractivity contribution in [2.45, 2.75) is 6.54 Å². The van der Waals surface area contributed by atoms with E-state index in [0.717, 1.165) is 31.6 Å². The molecule has 0 atom stereocenters. The lowest BCUT2D eigenvalue weighted by atomic mass is 10.2. The number of rotatable bonds is 3. The van der Waals surface area contributed by atoms with Crippen molar-refractivity contribution in [3.8, 4) is 0 Å². The molecule has 0 radical (unpaired) electrons. The van der Waals surface area contributed by atoms with E-state index in [-0.39, 0.29) is 0 Å². The number of halogens is 2. The molecule has 0 saturated heterocycles. The van der Waals surface area contributed by atoms with Crippen molar-refractivity contribution in [1.82, 2.24) is 10.2 Å². The Bertz CT molecular complexity index is 724. The standard InChI is InChI=1S/C14H11BrClN3/c15-11-4-5-12(16)10(6-11)7-17-13-3-1-2-9-8-18-19-14(9)13/h1-6,8,17H,7H2,(H,18,19). The summed E-state index contributed by atoms with van der Waals surface area (Å²) in [5, 5.41) is 12.3. The Morgan fingerprint density at radius 2 is 2.16 bits per heavy atom. The average molecular weight is 337 g/mol. The summed E-state index contributed by atoms with van der Waals surface area (Å²) in [7, 11) is 0. The van der Waals surface area contributed by atoms with Crippen molar-refractivity contribution < 1.29 is 0 Å². The molecule has 0 spiro atoms. The molecule has 3 aromatic rings. The van der Waals surface area contributed by atoms with Gasteiger partial charge in [0.2, 0.25) is 0 Å². The van der Waals surface area contributed by atoms with E-state index < -0.39 is 0 Å². The zero-order valence-electron chi connectivity index (χ0n) is 9.95. The number of anilines is 1. The number of H-pyrrole nitrogens is 1. The first-order chi connectivity index (χ1) is 9.24. The smallest absolute Gasteiger partial charge is 0.0881 e. The molecular formula is C14H11BrClN3. The third-order valence-corrected chi connectivity index (χ3v) is 3.82. The quantitative estimate of drug-likeness (QED) is 0.734. The van der Waals surface area contributed by atoms with Gasteiger partial charge in [-0.2, -0.15) is 5.10 Å². The Balaban J connectivity index is 1.86. The van der Waals surface area contributed by atoms with E-state index in [4.69, 9.17) is 11.6 Å². The number of fused-ring (bicyclic) bond motifs is 1. The highest BCUT2D eigenvalue weighted by Crippen LogP contribution is 2.24. The molecule has 0 fully saturated rings. The second kappa shape index (κ2) is 5.23. The average Bonchev–Trinajstić information content (AvgIpc) is 2.88. The SMILES string of the molecule is Clc1ccc(Br)cc1CNc1cccc2cn[nH]c12. The summed E-state index contributed by atoms with van der Waals surface area (Å²) < 4.78 is 1.02. The molecule has 0 saturated carbocycles. The highest BCUT2D eigenvalue weighted by molar-refractivity contribution is 9.10. The van der Waals surface area contributed by atoms with E-state index in [9.17, 15) is 0 Å². The van der Waals surface area contributed by atoms with Gasteiger partial charge in [-0.15, -0.1) is 0 Å². The summed E-state index contributed by atoms with van der Waals surface area (Å²) in [6.07, 6.45) is 1.81. The minimum atomic E-state index is 0.663. The van der Waals surface area contributed by atoms with E-state index in [1.165, 1.54) is 0 Å². The number of hydrogen-bond donors (Lipinski definition) is 2. The lowest BCUT2D eigenvalue weighted by Gasteiger charge is -2.09. The summed E-state index contributed by atoms with van der Waals surface area (Å²) >= 11 is 9.63. The molecule has 2 aromatic carbocycles. The molecular weight excluding hydrogens is 326 g/mol. The highest BCUT2D eigenvalue weighted by Gasteiger charge is 2.04. The molecule has 2 N–H and O–H groups in total. The van der Waals surface area contributed by atoms with Gasteiger partial charge in [0.1, 0.15) is 0 Å². The van der Waals surface area contributed by atoms with Gasteiger partial charge in [-0.05, 0) is 29.8 Å². The Morgan fingerprint density at radius 1 is 1.26 bits per heavy atom. The van der Waals surface area contributed by atoms with Crippen LogP contribution in [0.25, 0.3) is 10.9 Å². The maximum Gasteiger partial charge on any atom is 0.0881 e. The van der Waals surface area contributed by atoms with Crippen LogP contribution in [-0.2, 0) is 6.54 Å². The summed E-state index contributed by atoms with van der Waals surface area (Å²) in [5.74, 6) is 0. The number of nitrogens with one attached hydrogen (secondary N) is 2. The zero-order chi connectivity index (χ0) is 13.2. The number of hydrogen-bond acceptors (Lipinski definition) is 2. The van der Waals surface area contributed by atoms with E-state index in [0.29, 0.717) is 6.54 Å². The van der Waals surface area contributed by atoms with E-state index >= 15 is 0 Å². The fourth-order valence-corrected chi connectivity index (χ4v) is 2.58. The first-order valence-corrected chi connectivity index (χ1v) is 7.01. The minimum Gasteiger partial charge on any atom is -0.379 e. The molecule has 0 aliphatic heterocycles. The number of nitrogens with zero attached hydrogens (tertiary/aromatic N) is 1. The highest BCUT2D eigenvalue weighted by atomic mass is 79.9. The first kappa shape index (κ1) is 12.5. The second-order valence-electron chi connectivity index (χ2n) is 4.23. The topological polar surface area (TPSA) is 40.7 Å². The second-order valence-corrected chi connectivity index (χ2v) is 5.55. The molecule has 0 aliphatic rings. The molecule has 0 aliphatic carbocycles. The number of aromatic nitrogens is 2. The van der Waals surface area contributed by atoms with Crippen molar-refractivity contribution >= 4 is 44.1 Å². The van der Waals surface area contributed by atoms with E-state index in [1.54, 1.807) is 0 Å². The molecule has 96 valence electrons. The molecule has 0 unspecified atom stereocenters. The van der Waals surface area contributed by atoms with Crippen LogP contribution in [0, 0.1) is 0 Å². The van der Waals surface area contributed by atoms with Gasteiger partial charge in [0, 0.05) is 21.4 Å². The fraction of sp³-hybridized carbons (Fsp3) is 0.0714. The van der Waals surface area contributed by atoms with Crippen LogP contribution >= 0.6 is 27.5 Å². The minimum absolute atomic E-state index is 0.663. The lowest BCUT2D eigenvalue weighted by molar-refractivity contribution is 1.11. The van der Waals surface area contributed by atoms with Crippen LogP contribution in [0.5, 0.6) is 0 Å². The Kier molecular flexibility index (Phi) is 3.44.